The summed E-state index contributed by atoms with van der Waals surface area (Å²) < 4.78 is 5.83. The highest BCUT2D eigenvalue weighted by Gasteiger charge is 2.30. The lowest BCUT2D eigenvalue weighted by Crippen LogP contribution is -2.48. The molecule has 2 aliphatic heterocycles. The topological polar surface area (TPSA) is 41.6 Å². The molecule has 0 aromatic heterocycles. The quantitative estimate of drug-likeness (QED) is 0.877. The van der Waals surface area contributed by atoms with Gasteiger partial charge in [0.15, 0.2) is 0 Å². The predicted molar refractivity (Wildman–Crippen MR) is 98.8 cm³/mol. The van der Waals surface area contributed by atoms with Crippen molar-refractivity contribution in [3.05, 3.63) is 34.9 Å². The average molecular weight is 373 g/mol. The number of hydrogen-bond acceptors (Lipinski definition) is 3. The van der Waals surface area contributed by atoms with Gasteiger partial charge in [0.05, 0.1) is 18.2 Å². The van der Waals surface area contributed by atoms with Crippen LogP contribution in [0.2, 0.25) is 5.02 Å². The smallest absolute Gasteiger partial charge is 0.223 e. The minimum absolute atomic E-state index is 0. The highest BCUT2D eigenvalue weighted by molar-refractivity contribution is 6.31. The fraction of sp³-hybridized carbons (Fsp3) is 0.611. The van der Waals surface area contributed by atoms with E-state index in [9.17, 15) is 4.79 Å². The first-order valence-corrected chi connectivity index (χ1v) is 8.93. The monoisotopic (exact) mass is 372 g/mol. The van der Waals surface area contributed by atoms with Gasteiger partial charge in [-0.1, -0.05) is 29.8 Å². The number of amides is 1. The highest BCUT2D eigenvalue weighted by Crippen LogP contribution is 2.30. The molecule has 2 aliphatic rings. The summed E-state index contributed by atoms with van der Waals surface area (Å²) in [6.45, 7) is 4.43. The number of benzene rings is 1. The van der Waals surface area contributed by atoms with Gasteiger partial charge in [-0.05, 0) is 37.8 Å². The molecule has 0 radical (unpaired) electrons. The predicted octanol–water partition coefficient (Wildman–Crippen LogP) is 3.58. The van der Waals surface area contributed by atoms with E-state index in [4.69, 9.17) is 16.3 Å². The van der Waals surface area contributed by atoms with Gasteiger partial charge in [-0.2, -0.15) is 0 Å². The summed E-state index contributed by atoms with van der Waals surface area (Å²) in [4.78, 5) is 14.7. The highest BCUT2D eigenvalue weighted by atomic mass is 35.5. The van der Waals surface area contributed by atoms with E-state index >= 15 is 0 Å². The van der Waals surface area contributed by atoms with Crippen LogP contribution in [0.1, 0.15) is 44.2 Å². The number of nitrogens with one attached hydrogen (secondary N) is 1. The Morgan fingerprint density at radius 3 is 2.88 bits per heavy atom. The van der Waals surface area contributed by atoms with Crippen molar-refractivity contribution in [2.75, 3.05) is 19.6 Å². The van der Waals surface area contributed by atoms with Crippen molar-refractivity contribution in [1.29, 1.82) is 0 Å². The third kappa shape index (κ3) is 4.63. The van der Waals surface area contributed by atoms with Crippen molar-refractivity contribution in [2.24, 2.45) is 0 Å². The Morgan fingerprint density at radius 2 is 2.17 bits per heavy atom. The zero-order valence-electron chi connectivity index (χ0n) is 14.0. The molecule has 4 nitrogen and oxygen atoms in total. The van der Waals surface area contributed by atoms with E-state index in [0.29, 0.717) is 12.5 Å². The molecule has 2 fully saturated rings. The summed E-state index contributed by atoms with van der Waals surface area (Å²) in [5.41, 5.74) is 1.03. The lowest BCUT2D eigenvalue weighted by atomic mass is 10.0. The summed E-state index contributed by atoms with van der Waals surface area (Å²) >= 11 is 6.34. The van der Waals surface area contributed by atoms with Crippen LogP contribution in [0.15, 0.2) is 24.3 Å². The number of carbonyl (C=O) groups is 1. The minimum atomic E-state index is 0. The van der Waals surface area contributed by atoms with Crippen molar-refractivity contribution in [3.8, 4) is 0 Å². The average Bonchev–Trinajstić information content (AvgIpc) is 2.99. The maximum atomic E-state index is 12.7. The molecular formula is C18H26Cl2N2O2. The normalized spacial score (nSPS) is 26.9. The number of nitrogens with zero attached hydrogens (tertiary/aromatic N) is 1. The number of halogens is 2. The molecular weight excluding hydrogens is 347 g/mol. The van der Waals surface area contributed by atoms with Gasteiger partial charge in [0.1, 0.15) is 0 Å². The number of carbonyl (C=O) groups excluding carboxylic acids is 1. The first kappa shape index (κ1) is 19.5. The summed E-state index contributed by atoms with van der Waals surface area (Å²) in [5.74, 6) is 0.208. The van der Waals surface area contributed by atoms with Gasteiger partial charge in [0.2, 0.25) is 5.91 Å². The molecule has 3 rings (SSSR count). The number of hydrogen-bond donors (Lipinski definition) is 1. The van der Waals surface area contributed by atoms with Crippen LogP contribution in [0.25, 0.3) is 0 Å². The molecule has 6 heteroatoms. The molecule has 1 aromatic carbocycles. The molecule has 24 heavy (non-hydrogen) atoms. The van der Waals surface area contributed by atoms with Crippen LogP contribution in [-0.4, -0.2) is 42.6 Å². The maximum absolute atomic E-state index is 12.7. The second kappa shape index (κ2) is 9.04. The third-order valence-corrected chi connectivity index (χ3v) is 5.17. The molecule has 3 atom stereocenters. The molecule has 3 unspecified atom stereocenters. The van der Waals surface area contributed by atoms with Crippen LogP contribution in [0.5, 0.6) is 0 Å². The molecule has 1 aromatic rings. The second-order valence-corrected chi connectivity index (χ2v) is 6.92. The van der Waals surface area contributed by atoms with Crippen LogP contribution < -0.4 is 5.32 Å². The van der Waals surface area contributed by atoms with E-state index in [2.05, 4.69) is 12.2 Å². The van der Waals surface area contributed by atoms with Gasteiger partial charge in [-0.15, -0.1) is 12.4 Å². The van der Waals surface area contributed by atoms with Crippen molar-refractivity contribution in [2.45, 2.75) is 50.9 Å². The first-order chi connectivity index (χ1) is 11.1. The van der Waals surface area contributed by atoms with E-state index in [0.717, 1.165) is 49.5 Å². The summed E-state index contributed by atoms with van der Waals surface area (Å²) in [6.07, 6.45) is 4.14. The Balaban J connectivity index is 0.00000208. The first-order valence-electron chi connectivity index (χ1n) is 8.55. The van der Waals surface area contributed by atoms with Gasteiger partial charge in [-0.25, -0.2) is 0 Å². The zero-order chi connectivity index (χ0) is 16.2. The van der Waals surface area contributed by atoms with Crippen molar-refractivity contribution < 1.29 is 9.53 Å². The van der Waals surface area contributed by atoms with Crippen molar-refractivity contribution >= 4 is 29.9 Å². The number of piperazine rings is 1. The molecule has 1 amide bonds. The van der Waals surface area contributed by atoms with E-state index in [-0.39, 0.29) is 30.5 Å². The summed E-state index contributed by atoms with van der Waals surface area (Å²) in [6, 6.07) is 7.83. The van der Waals surface area contributed by atoms with Crippen LogP contribution in [-0.2, 0) is 9.53 Å². The largest absolute Gasteiger partial charge is 0.375 e. The fourth-order valence-electron chi connectivity index (χ4n) is 3.55. The van der Waals surface area contributed by atoms with Crippen LogP contribution >= 0.6 is 24.0 Å². The van der Waals surface area contributed by atoms with E-state index in [1.165, 1.54) is 0 Å². The molecule has 0 saturated carbocycles. The fourth-order valence-corrected chi connectivity index (χ4v) is 3.81. The lowest BCUT2D eigenvalue weighted by Gasteiger charge is -2.37. The van der Waals surface area contributed by atoms with E-state index < -0.39 is 0 Å². The molecule has 2 heterocycles. The minimum Gasteiger partial charge on any atom is -0.375 e. The van der Waals surface area contributed by atoms with Gasteiger partial charge >= 0.3 is 0 Å². The summed E-state index contributed by atoms with van der Waals surface area (Å²) in [7, 11) is 0. The Kier molecular flexibility index (Phi) is 7.35. The Morgan fingerprint density at radius 1 is 1.38 bits per heavy atom. The maximum Gasteiger partial charge on any atom is 0.223 e. The van der Waals surface area contributed by atoms with Gasteiger partial charge in [-0.3, -0.25) is 4.79 Å². The second-order valence-electron chi connectivity index (χ2n) is 6.51. The number of rotatable bonds is 4. The molecule has 0 spiro atoms. The van der Waals surface area contributed by atoms with Crippen LogP contribution in [0.4, 0.5) is 0 Å². The zero-order valence-corrected chi connectivity index (χ0v) is 15.6. The standard InChI is InChI=1S/C18H25ClN2O2.ClH/c1-13-6-7-14(23-13)8-9-18(22)21-11-10-20-12-17(21)15-4-2-3-5-16(15)19;/h2-5,13-14,17,20H,6-12H2,1H3;1H. The SMILES string of the molecule is CC1CCC(CCC(=O)N2CCNCC2c2ccccc2Cl)O1.Cl. The molecule has 1 N–H and O–H groups in total. The van der Waals surface area contributed by atoms with Gasteiger partial charge in [0, 0.05) is 31.1 Å². The number of ether oxygens (including phenoxy) is 1. The van der Waals surface area contributed by atoms with E-state index in [1.54, 1.807) is 0 Å². The molecule has 134 valence electrons. The Bertz CT molecular complexity index is 556. The summed E-state index contributed by atoms with van der Waals surface area (Å²) in [5, 5.41) is 4.10. The van der Waals surface area contributed by atoms with Crippen molar-refractivity contribution in [3.63, 3.8) is 0 Å². The van der Waals surface area contributed by atoms with E-state index in [1.807, 2.05) is 29.2 Å². The third-order valence-electron chi connectivity index (χ3n) is 4.83. The molecule has 0 bridgehead atoms. The van der Waals surface area contributed by atoms with Gasteiger partial charge in [0.25, 0.3) is 0 Å². The Labute approximate surface area is 155 Å². The van der Waals surface area contributed by atoms with Crippen molar-refractivity contribution in [1.82, 2.24) is 10.2 Å². The molecule has 0 aliphatic carbocycles. The van der Waals surface area contributed by atoms with Crippen LogP contribution in [0, 0.1) is 0 Å². The molecule has 2 saturated heterocycles. The Hall–Kier alpha value is -0.810. The lowest BCUT2D eigenvalue weighted by molar-refractivity contribution is -0.135. The van der Waals surface area contributed by atoms with Gasteiger partial charge < -0.3 is 15.0 Å². The van der Waals surface area contributed by atoms with Crippen LogP contribution in [0.3, 0.4) is 0 Å².